The molecule has 1 aromatic heterocycles. The van der Waals surface area contributed by atoms with Gasteiger partial charge < -0.3 is 4.98 Å². The number of thioether (sulfide) groups is 2. The zero-order valence-electron chi connectivity index (χ0n) is 8.40. The van der Waals surface area contributed by atoms with Gasteiger partial charge in [0.15, 0.2) is 0 Å². The maximum Gasteiger partial charge on any atom is 0.0771 e. The Bertz CT molecular complexity index is 457. The van der Waals surface area contributed by atoms with E-state index in [0.717, 1.165) is 0 Å². The van der Waals surface area contributed by atoms with Crippen LogP contribution in [0.25, 0.3) is 10.9 Å². The zero-order valence-corrected chi connectivity index (χ0v) is 10.0. The molecule has 3 rings (SSSR count). The second-order valence-electron chi connectivity index (χ2n) is 3.72. The Morgan fingerprint density at radius 3 is 2.87 bits per heavy atom. The minimum atomic E-state index is 0.626. The lowest BCUT2D eigenvalue weighted by molar-refractivity contribution is 1.10. The molecule has 0 radical (unpaired) electrons. The van der Waals surface area contributed by atoms with Crippen molar-refractivity contribution in [2.24, 2.45) is 0 Å². The van der Waals surface area contributed by atoms with Crippen molar-refractivity contribution in [3.63, 3.8) is 0 Å². The number of aromatic nitrogens is 1. The Morgan fingerprint density at radius 2 is 2.00 bits per heavy atom. The van der Waals surface area contributed by atoms with Crippen LogP contribution in [-0.2, 0) is 0 Å². The zero-order chi connectivity index (χ0) is 10.1. The molecule has 0 spiro atoms. The fraction of sp³-hybridized carbons (Fsp3) is 0.333. The van der Waals surface area contributed by atoms with E-state index in [2.05, 4.69) is 52.8 Å². The number of para-hydroxylation sites is 1. The summed E-state index contributed by atoms with van der Waals surface area (Å²) in [5.74, 6) is 2.60. The Kier molecular flexibility index (Phi) is 2.67. The number of hydrogen-bond donors (Lipinski definition) is 1. The molecule has 1 saturated heterocycles. The molecule has 0 aliphatic carbocycles. The number of aromatic amines is 1. The van der Waals surface area contributed by atoms with Crippen molar-refractivity contribution in [2.75, 3.05) is 11.5 Å². The van der Waals surface area contributed by atoms with Crippen LogP contribution in [0.5, 0.6) is 0 Å². The Morgan fingerprint density at radius 1 is 1.13 bits per heavy atom. The summed E-state index contributed by atoms with van der Waals surface area (Å²) in [4.78, 5) is 3.36. The van der Waals surface area contributed by atoms with E-state index in [1.165, 1.54) is 34.4 Å². The summed E-state index contributed by atoms with van der Waals surface area (Å²) < 4.78 is 0.626. The standard InChI is InChI=1S/C12H13NS2/c1-3-9-5-6-13-11(9)10(4-1)12-14-7-2-8-15-12/h1,3-6,12-13H,2,7-8H2. The van der Waals surface area contributed by atoms with E-state index in [4.69, 9.17) is 0 Å². The molecule has 1 N–H and O–H groups in total. The van der Waals surface area contributed by atoms with Gasteiger partial charge in [-0.25, -0.2) is 0 Å². The fourth-order valence-corrected chi connectivity index (χ4v) is 4.92. The summed E-state index contributed by atoms with van der Waals surface area (Å²) >= 11 is 4.15. The minimum absolute atomic E-state index is 0.626. The molecule has 1 nitrogen and oxygen atoms in total. The van der Waals surface area contributed by atoms with Gasteiger partial charge in [0, 0.05) is 6.20 Å². The molecule has 1 fully saturated rings. The SMILES string of the molecule is c1cc(C2SCCCS2)c2[nH]ccc2c1. The molecular formula is C12H13NS2. The van der Waals surface area contributed by atoms with E-state index in [9.17, 15) is 0 Å². The lowest BCUT2D eigenvalue weighted by atomic mass is 10.2. The van der Waals surface area contributed by atoms with Crippen LogP contribution in [0, 0.1) is 0 Å². The molecule has 0 atom stereocenters. The van der Waals surface area contributed by atoms with Gasteiger partial charge in [-0.15, -0.1) is 23.5 Å². The molecule has 3 heteroatoms. The first kappa shape index (κ1) is 9.67. The monoisotopic (exact) mass is 235 g/mol. The maximum absolute atomic E-state index is 3.36. The van der Waals surface area contributed by atoms with Crippen LogP contribution >= 0.6 is 23.5 Å². The van der Waals surface area contributed by atoms with E-state index in [1.54, 1.807) is 0 Å². The summed E-state index contributed by atoms with van der Waals surface area (Å²) in [6.45, 7) is 0. The van der Waals surface area contributed by atoms with Gasteiger partial charge in [0.05, 0.1) is 10.1 Å². The van der Waals surface area contributed by atoms with Crippen LogP contribution in [0.4, 0.5) is 0 Å². The van der Waals surface area contributed by atoms with Crippen molar-refractivity contribution in [1.29, 1.82) is 0 Å². The third-order valence-electron chi connectivity index (χ3n) is 2.70. The van der Waals surface area contributed by atoms with Gasteiger partial charge in [0.1, 0.15) is 0 Å². The molecule has 1 aromatic carbocycles. The molecule has 0 saturated carbocycles. The van der Waals surface area contributed by atoms with E-state index in [1.807, 2.05) is 6.20 Å². The average Bonchev–Trinajstić information content (AvgIpc) is 2.78. The molecule has 0 bridgehead atoms. The first-order chi connectivity index (χ1) is 7.45. The average molecular weight is 235 g/mol. The van der Waals surface area contributed by atoms with Crippen LogP contribution in [0.2, 0.25) is 0 Å². The fourth-order valence-electron chi connectivity index (χ4n) is 1.97. The highest BCUT2D eigenvalue weighted by Crippen LogP contribution is 2.45. The van der Waals surface area contributed by atoms with Gasteiger partial charge in [-0.3, -0.25) is 0 Å². The summed E-state index contributed by atoms with van der Waals surface area (Å²) in [7, 11) is 0. The van der Waals surface area contributed by atoms with Crippen LogP contribution in [0.15, 0.2) is 30.5 Å². The molecule has 2 heterocycles. The predicted molar refractivity (Wildman–Crippen MR) is 70.6 cm³/mol. The van der Waals surface area contributed by atoms with Gasteiger partial charge in [-0.2, -0.15) is 0 Å². The lowest BCUT2D eigenvalue weighted by Crippen LogP contribution is -2.00. The Balaban J connectivity index is 2.05. The number of nitrogens with one attached hydrogen (secondary N) is 1. The minimum Gasteiger partial charge on any atom is -0.361 e. The summed E-state index contributed by atoms with van der Waals surface area (Å²) in [6.07, 6.45) is 3.39. The van der Waals surface area contributed by atoms with Crippen molar-refractivity contribution in [1.82, 2.24) is 4.98 Å². The quantitative estimate of drug-likeness (QED) is 0.803. The van der Waals surface area contributed by atoms with Crippen molar-refractivity contribution in [2.45, 2.75) is 11.0 Å². The first-order valence-corrected chi connectivity index (χ1v) is 7.34. The molecule has 0 unspecified atom stereocenters. The molecule has 1 aliphatic heterocycles. The van der Waals surface area contributed by atoms with Gasteiger partial charge in [0.25, 0.3) is 0 Å². The number of H-pyrrole nitrogens is 1. The van der Waals surface area contributed by atoms with Crippen LogP contribution < -0.4 is 0 Å². The van der Waals surface area contributed by atoms with Gasteiger partial charge in [-0.05, 0) is 34.9 Å². The van der Waals surface area contributed by atoms with Gasteiger partial charge in [-0.1, -0.05) is 18.2 Å². The molecule has 15 heavy (non-hydrogen) atoms. The van der Waals surface area contributed by atoms with Gasteiger partial charge in [0.2, 0.25) is 0 Å². The van der Waals surface area contributed by atoms with Crippen molar-refractivity contribution in [3.8, 4) is 0 Å². The summed E-state index contributed by atoms with van der Waals surface area (Å²) in [5.41, 5.74) is 2.79. The third kappa shape index (κ3) is 1.79. The summed E-state index contributed by atoms with van der Waals surface area (Å²) in [6, 6.07) is 8.75. The number of fused-ring (bicyclic) bond motifs is 1. The van der Waals surface area contributed by atoms with Crippen molar-refractivity contribution in [3.05, 3.63) is 36.0 Å². The first-order valence-electron chi connectivity index (χ1n) is 5.24. The predicted octanol–water partition coefficient (Wildman–Crippen LogP) is 4.04. The lowest BCUT2D eigenvalue weighted by Gasteiger charge is -2.21. The Hall–Kier alpha value is -0.540. The number of hydrogen-bond acceptors (Lipinski definition) is 2. The van der Waals surface area contributed by atoms with E-state index in [0.29, 0.717) is 4.58 Å². The summed E-state index contributed by atoms with van der Waals surface area (Å²) in [5, 5.41) is 1.33. The van der Waals surface area contributed by atoms with E-state index >= 15 is 0 Å². The molecule has 78 valence electrons. The van der Waals surface area contributed by atoms with Crippen molar-refractivity contribution >= 4 is 34.4 Å². The topological polar surface area (TPSA) is 15.8 Å². The third-order valence-corrected chi connectivity index (χ3v) is 5.68. The smallest absolute Gasteiger partial charge is 0.0771 e. The van der Waals surface area contributed by atoms with E-state index < -0.39 is 0 Å². The van der Waals surface area contributed by atoms with Crippen LogP contribution in [0.3, 0.4) is 0 Å². The highest BCUT2D eigenvalue weighted by atomic mass is 32.2. The molecule has 2 aromatic rings. The van der Waals surface area contributed by atoms with Crippen LogP contribution in [0.1, 0.15) is 16.6 Å². The maximum atomic E-state index is 3.36. The van der Waals surface area contributed by atoms with Crippen LogP contribution in [-0.4, -0.2) is 16.5 Å². The normalized spacial score (nSPS) is 18.4. The number of benzene rings is 1. The largest absolute Gasteiger partial charge is 0.361 e. The molecule has 1 aliphatic rings. The highest BCUT2D eigenvalue weighted by molar-refractivity contribution is 8.16. The Labute approximate surface area is 98.0 Å². The number of rotatable bonds is 1. The second kappa shape index (κ2) is 4.14. The molecule has 0 amide bonds. The highest BCUT2D eigenvalue weighted by Gasteiger charge is 2.18. The van der Waals surface area contributed by atoms with E-state index in [-0.39, 0.29) is 0 Å². The van der Waals surface area contributed by atoms with Crippen molar-refractivity contribution < 1.29 is 0 Å². The molecular weight excluding hydrogens is 222 g/mol. The second-order valence-corrected chi connectivity index (χ2v) is 6.44. The van der Waals surface area contributed by atoms with Gasteiger partial charge >= 0.3 is 0 Å².